The molecule has 0 bridgehead atoms. The minimum Gasteiger partial charge on any atom is -0.480 e. The Labute approximate surface area is 103 Å². The number of hydrogen-bond acceptors (Lipinski definition) is 2. The standard InChI is InChI=1S/C12H14BrNO2/c1-7-5-9(13)6-8-3-4-14(2)11(10(7)8)12(15)16/h5-6,11H,3-4H2,1-2H3,(H,15,16). The molecule has 0 aromatic heterocycles. The number of carbonyl (C=O) groups is 1. The molecule has 0 aliphatic carbocycles. The number of rotatable bonds is 1. The number of hydrogen-bond donors (Lipinski definition) is 1. The molecule has 0 radical (unpaired) electrons. The molecule has 0 amide bonds. The molecule has 1 N–H and O–H groups in total. The summed E-state index contributed by atoms with van der Waals surface area (Å²) in [6.07, 6.45) is 0.913. The topological polar surface area (TPSA) is 40.5 Å². The molecule has 4 heteroatoms. The molecule has 0 saturated carbocycles. The lowest BCUT2D eigenvalue weighted by Gasteiger charge is -2.33. The lowest BCUT2D eigenvalue weighted by molar-refractivity contribution is -0.143. The van der Waals surface area contributed by atoms with E-state index >= 15 is 0 Å². The van der Waals surface area contributed by atoms with Crippen molar-refractivity contribution in [1.82, 2.24) is 4.90 Å². The number of nitrogens with zero attached hydrogens (tertiary/aromatic N) is 1. The van der Waals surface area contributed by atoms with Crippen molar-refractivity contribution in [2.75, 3.05) is 13.6 Å². The van der Waals surface area contributed by atoms with Crippen LogP contribution in [0.2, 0.25) is 0 Å². The van der Waals surface area contributed by atoms with Gasteiger partial charge >= 0.3 is 5.97 Å². The third-order valence-corrected chi connectivity index (χ3v) is 3.58. The highest BCUT2D eigenvalue weighted by atomic mass is 79.9. The number of carboxylic acid groups (broad SMARTS) is 1. The zero-order valence-electron chi connectivity index (χ0n) is 9.33. The highest BCUT2D eigenvalue weighted by Gasteiger charge is 2.31. The fourth-order valence-corrected chi connectivity index (χ4v) is 3.00. The van der Waals surface area contributed by atoms with Gasteiger partial charge in [0.2, 0.25) is 0 Å². The molecule has 3 nitrogen and oxygen atoms in total. The van der Waals surface area contributed by atoms with E-state index in [0.29, 0.717) is 0 Å². The molecule has 1 heterocycles. The predicted molar refractivity (Wildman–Crippen MR) is 65.6 cm³/mol. The van der Waals surface area contributed by atoms with Crippen LogP contribution in [0, 0.1) is 6.92 Å². The van der Waals surface area contributed by atoms with Gasteiger partial charge in [-0.1, -0.05) is 15.9 Å². The van der Waals surface area contributed by atoms with Crippen molar-refractivity contribution in [2.45, 2.75) is 19.4 Å². The van der Waals surface area contributed by atoms with Crippen molar-refractivity contribution in [3.8, 4) is 0 Å². The van der Waals surface area contributed by atoms with Gasteiger partial charge in [0, 0.05) is 11.0 Å². The summed E-state index contributed by atoms with van der Waals surface area (Å²) in [5.74, 6) is -0.770. The number of carboxylic acids is 1. The monoisotopic (exact) mass is 283 g/mol. The van der Waals surface area contributed by atoms with Gasteiger partial charge in [-0.05, 0) is 49.2 Å². The van der Waals surface area contributed by atoms with Crippen LogP contribution in [0.5, 0.6) is 0 Å². The second-order valence-corrected chi connectivity index (χ2v) is 5.18. The molecular weight excluding hydrogens is 270 g/mol. The maximum atomic E-state index is 11.3. The minimum atomic E-state index is -0.770. The van der Waals surface area contributed by atoms with Gasteiger partial charge in [-0.2, -0.15) is 0 Å². The first kappa shape index (κ1) is 11.6. The maximum absolute atomic E-state index is 11.3. The van der Waals surface area contributed by atoms with E-state index < -0.39 is 12.0 Å². The zero-order valence-corrected chi connectivity index (χ0v) is 10.9. The third-order valence-electron chi connectivity index (χ3n) is 3.12. The summed E-state index contributed by atoms with van der Waals surface area (Å²) in [6.45, 7) is 2.76. The van der Waals surface area contributed by atoms with E-state index in [1.807, 2.05) is 31.0 Å². The molecule has 1 aliphatic rings. The Morgan fingerprint density at radius 2 is 2.25 bits per heavy atom. The number of fused-ring (bicyclic) bond motifs is 1. The van der Waals surface area contributed by atoms with E-state index in [1.54, 1.807) is 0 Å². The molecule has 0 spiro atoms. The first-order chi connectivity index (χ1) is 7.50. The normalized spacial score (nSPS) is 20.6. The Morgan fingerprint density at radius 3 is 2.88 bits per heavy atom. The van der Waals surface area contributed by atoms with Crippen LogP contribution in [0.25, 0.3) is 0 Å². The molecule has 1 aromatic carbocycles. The van der Waals surface area contributed by atoms with Crippen LogP contribution in [0.3, 0.4) is 0 Å². The first-order valence-electron chi connectivity index (χ1n) is 5.22. The third kappa shape index (κ3) is 1.87. The van der Waals surface area contributed by atoms with E-state index in [1.165, 1.54) is 0 Å². The summed E-state index contributed by atoms with van der Waals surface area (Å²) < 4.78 is 1.03. The van der Waals surface area contributed by atoms with Crippen molar-refractivity contribution in [2.24, 2.45) is 0 Å². The van der Waals surface area contributed by atoms with Crippen molar-refractivity contribution >= 4 is 21.9 Å². The quantitative estimate of drug-likeness (QED) is 0.860. The number of likely N-dealkylation sites (N-methyl/N-ethyl adjacent to an activating group) is 1. The molecule has 1 unspecified atom stereocenters. The molecule has 1 atom stereocenters. The summed E-state index contributed by atoms with van der Waals surface area (Å²) in [5, 5.41) is 9.30. The lowest BCUT2D eigenvalue weighted by atomic mass is 9.89. The van der Waals surface area contributed by atoms with Crippen LogP contribution >= 0.6 is 15.9 Å². The van der Waals surface area contributed by atoms with Gasteiger partial charge in [0.05, 0.1) is 0 Å². The maximum Gasteiger partial charge on any atom is 0.325 e. The molecule has 16 heavy (non-hydrogen) atoms. The average molecular weight is 284 g/mol. The highest BCUT2D eigenvalue weighted by molar-refractivity contribution is 9.10. The van der Waals surface area contributed by atoms with Crippen molar-refractivity contribution < 1.29 is 9.90 Å². The second-order valence-electron chi connectivity index (χ2n) is 4.27. The Balaban J connectivity index is 2.59. The summed E-state index contributed by atoms with van der Waals surface area (Å²) >= 11 is 3.45. The van der Waals surface area contributed by atoms with Gasteiger partial charge in [0.25, 0.3) is 0 Å². The van der Waals surface area contributed by atoms with Crippen LogP contribution in [-0.2, 0) is 11.2 Å². The Hall–Kier alpha value is -0.870. The number of aryl methyl sites for hydroxylation is 1. The van der Waals surface area contributed by atoms with Crippen LogP contribution in [0.15, 0.2) is 16.6 Å². The summed E-state index contributed by atoms with van der Waals surface area (Å²) in [6, 6.07) is 3.51. The van der Waals surface area contributed by atoms with E-state index in [4.69, 9.17) is 0 Å². The van der Waals surface area contributed by atoms with Crippen molar-refractivity contribution in [3.63, 3.8) is 0 Å². The summed E-state index contributed by atoms with van der Waals surface area (Å²) in [7, 11) is 1.86. The van der Waals surface area contributed by atoms with Gasteiger partial charge in [-0.3, -0.25) is 9.69 Å². The zero-order chi connectivity index (χ0) is 11.9. The van der Waals surface area contributed by atoms with Gasteiger partial charge in [0.15, 0.2) is 0 Å². The first-order valence-corrected chi connectivity index (χ1v) is 6.02. The minimum absolute atomic E-state index is 0.503. The molecule has 0 fully saturated rings. The van der Waals surface area contributed by atoms with E-state index in [-0.39, 0.29) is 0 Å². The van der Waals surface area contributed by atoms with Gasteiger partial charge in [-0.25, -0.2) is 0 Å². The molecule has 0 saturated heterocycles. The number of halogens is 1. The second kappa shape index (κ2) is 4.18. The molecule has 1 aromatic rings. The van der Waals surface area contributed by atoms with Crippen molar-refractivity contribution in [3.05, 3.63) is 33.3 Å². The molecule has 1 aliphatic heterocycles. The van der Waals surface area contributed by atoms with E-state index in [2.05, 4.69) is 15.9 Å². The van der Waals surface area contributed by atoms with Crippen LogP contribution in [-0.4, -0.2) is 29.6 Å². The van der Waals surface area contributed by atoms with E-state index in [0.717, 1.165) is 34.1 Å². The smallest absolute Gasteiger partial charge is 0.325 e. The Bertz CT molecular complexity index is 445. The fourth-order valence-electron chi connectivity index (χ4n) is 2.38. The summed E-state index contributed by atoms with van der Waals surface area (Å²) in [4.78, 5) is 13.2. The van der Waals surface area contributed by atoms with Crippen LogP contribution < -0.4 is 0 Å². The molecule has 2 rings (SSSR count). The average Bonchev–Trinajstić information content (AvgIpc) is 2.18. The van der Waals surface area contributed by atoms with Gasteiger partial charge in [-0.15, -0.1) is 0 Å². The SMILES string of the molecule is Cc1cc(Br)cc2c1C(C(=O)O)N(C)CC2. The molecular formula is C12H14BrNO2. The largest absolute Gasteiger partial charge is 0.480 e. The number of benzene rings is 1. The summed E-state index contributed by atoms with van der Waals surface area (Å²) in [5.41, 5.74) is 3.16. The highest BCUT2D eigenvalue weighted by Crippen LogP contribution is 2.33. The fraction of sp³-hybridized carbons (Fsp3) is 0.417. The van der Waals surface area contributed by atoms with Crippen molar-refractivity contribution in [1.29, 1.82) is 0 Å². The van der Waals surface area contributed by atoms with Crippen LogP contribution in [0.1, 0.15) is 22.7 Å². The van der Waals surface area contributed by atoms with Crippen LogP contribution in [0.4, 0.5) is 0 Å². The Morgan fingerprint density at radius 1 is 1.56 bits per heavy atom. The molecule has 86 valence electrons. The van der Waals surface area contributed by atoms with E-state index in [9.17, 15) is 9.90 Å². The van der Waals surface area contributed by atoms with Gasteiger partial charge < -0.3 is 5.11 Å². The predicted octanol–water partition coefficient (Wildman–Crippen LogP) is 2.37. The lowest BCUT2D eigenvalue weighted by Crippen LogP contribution is -2.37. The Kier molecular flexibility index (Phi) is 3.04. The van der Waals surface area contributed by atoms with Gasteiger partial charge in [0.1, 0.15) is 6.04 Å². The number of aliphatic carboxylic acids is 1.